The first-order valence-electron chi connectivity index (χ1n) is 5.24. The van der Waals surface area contributed by atoms with Gasteiger partial charge in [-0.15, -0.1) is 0 Å². The van der Waals surface area contributed by atoms with Gasteiger partial charge in [-0.3, -0.25) is 0 Å². The maximum absolute atomic E-state index is 12.9. The lowest BCUT2D eigenvalue weighted by Crippen LogP contribution is -2.14. The molecule has 1 aromatic rings. The monoisotopic (exact) mass is 227 g/mol. The third kappa shape index (κ3) is 3.84. The van der Waals surface area contributed by atoms with Crippen LogP contribution in [0.2, 0.25) is 0 Å². The molecule has 0 spiro atoms. The van der Waals surface area contributed by atoms with Gasteiger partial charge in [0.2, 0.25) is 0 Å². The van der Waals surface area contributed by atoms with E-state index in [0.29, 0.717) is 0 Å². The molecule has 1 atom stereocenters. The predicted octanol–water partition coefficient (Wildman–Crippen LogP) is 3.28. The normalized spacial score (nSPS) is 12.8. The first-order valence-corrected chi connectivity index (χ1v) is 6.40. The van der Waals surface area contributed by atoms with E-state index in [1.807, 2.05) is 18.7 Å². The third-order valence-corrected chi connectivity index (χ3v) is 3.57. The molecule has 1 rings (SSSR count). The van der Waals surface area contributed by atoms with Gasteiger partial charge >= 0.3 is 0 Å². The zero-order valence-corrected chi connectivity index (χ0v) is 10.1. The van der Waals surface area contributed by atoms with Crippen LogP contribution in [0.3, 0.4) is 0 Å². The molecule has 1 unspecified atom stereocenters. The molecule has 0 saturated carbocycles. The Kier molecular flexibility index (Phi) is 5.12. The largest absolute Gasteiger partial charge is 0.323 e. The Labute approximate surface area is 95.2 Å². The minimum absolute atomic E-state index is 0.0159. The fraction of sp³-hybridized carbons (Fsp3) is 0.500. The van der Waals surface area contributed by atoms with Gasteiger partial charge in [0, 0.05) is 11.8 Å². The minimum atomic E-state index is -0.190. The second kappa shape index (κ2) is 6.13. The van der Waals surface area contributed by atoms with E-state index in [-0.39, 0.29) is 11.9 Å². The van der Waals surface area contributed by atoms with E-state index >= 15 is 0 Å². The van der Waals surface area contributed by atoms with Gasteiger partial charge in [0.15, 0.2) is 0 Å². The molecular weight excluding hydrogens is 209 g/mol. The van der Waals surface area contributed by atoms with E-state index < -0.39 is 0 Å². The highest BCUT2D eigenvalue weighted by molar-refractivity contribution is 7.99. The third-order valence-electron chi connectivity index (χ3n) is 2.28. The predicted molar refractivity (Wildman–Crippen MR) is 65.7 cm³/mol. The zero-order chi connectivity index (χ0) is 11.3. The van der Waals surface area contributed by atoms with Crippen LogP contribution in [0.5, 0.6) is 0 Å². The Hall–Kier alpha value is -0.540. The lowest BCUT2D eigenvalue weighted by molar-refractivity contribution is 0.624. The first-order chi connectivity index (χ1) is 7.15. The van der Waals surface area contributed by atoms with Crippen molar-refractivity contribution < 1.29 is 4.39 Å². The number of hydrogen-bond donors (Lipinski definition) is 1. The standard InChI is InChI=1S/C12H18FNS/c1-3-6-15-8-12(14)11-5-4-10(13)7-9(11)2/h4-5,7,12H,3,6,8,14H2,1-2H3. The van der Waals surface area contributed by atoms with Gasteiger partial charge in [0.25, 0.3) is 0 Å². The maximum Gasteiger partial charge on any atom is 0.123 e. The van der Waals surface area contributed by atoms with E-state index in [1.165, 1.54) is 12.5 Å². The Morgan fingerprint density at radius 3 is 2.80 bits per heavy atom. The van der Waals surface area contributed by atoms with Crippen molar-refractivity contribution in [2.24, 2.45) is 5.73 Å². The van der Waals surface area contributed by atoms with Crippen LogP contribution in [-0.2, 0) is 0 Å². The summed E-state index contributed by atoms with van der Waals surface area (Å²) in [5, 5.41) is 0. The minimum Gasteiger partial charge on any atom is -0.323 e. The number of nitrogens with two attached hydrogens (primary N) is 1. The van der Waals surface area contributed by atoms with E-state index in [9.17, 15) is 4.39 Å². The summed E-state index contributed by atoms with van der Waals surface area (Å²) in [6.45, 7) is 4.06. The highest BCUT2D eigenvalue weighted by atomic mass is 32.2. The van der Waals surface area contributed by atoms with Gasteiger partial charge in [0.1, 0.15) is 5.82 Å². The summed E-state index contributed by atoms with van der Waals surface area (Å²) in [6.07, 6.45) is 1.17. The Morgan fingerprint density at radius 1 is 1.47 bits per heavy atom. The lowest BCUT2D eigenvalue weighted by atomic mass is 10.0. The summed E-state index contributed by atoms with van der Waals surface area (Å²) in [4.78, 5) is 0. The van der Waals surface area contributed by atoms with Crippen LogP contribution in [0.1, 0.15) is 30.5 Å². The molecule has 0 amide bonds. The van der Waals surface area contributed by atoms with Crippen LogP contribution in [0.25, 0.3) is 0 Å². The molecule has 1 nitrogen and oxygen atoms in total. The van der Waals surface area contributed by atoms with Crippen molar-refractivity contribution >= 4 is 11.8 Å². The van der Waals surface area contributed by atoms with Crippen LogP contribution in [0, 0.1) is 12.7 Å². The summed E-state index contributed by atoms with van der Waals surface area (Å²) in [7, 11) is 0. The Balaban J connectivity index is 2.61. The molecule has 0 heterocycles. The molecule has 84 valence electrons. The molecule has 2 N–H and O–H groups in total. The summed E-state index contributed by atoms with van der Waals surface area (Å²) < 4.78 is 12.9. The van der Waals surface area contributed by atoms with Crippen LogP contribution in [-0.4, -0.2) is 11.5 Å². The average molecular weight is 227 g/mol. The van der Waals surface area contributed by atoms with Crippen molar-refractivity contribution in [1.82, 2.24) is 0 Å². The molecule has 1 aromatic carbocycles. The van der Waals surface area contributed by atoms with Crippen molar-refractivity contribution in [2.75, 3.05) is 11.5 Å². The van der Waals surface area contributed by atoms with Gasteiger partial charge in [-0.1, -0.05) is 13.0 Å². The lowest BCUT2D eigenvalue weighted by Gasteiger charge is -2.14. The molecule has 0 aliphatic rings. The van der Waals surface area contributed by atoms with Crippen molar-refractivity contribution in [3.63, 3.8) is 0 Å². The molecule has 0 aromatic heterocycles. The van der Waals surface area contributed by atoms with Crippen molar-refractivity contribution in [3.8, 4) is 0 Å². The van der Waals surface area contributed by atoms with Gasteiger partial charge in [-0.25, -0.2) is 4.39 Å². The molecule has 15 heavy (non-hydrogen) atoms. The molecule has 0 radical (unpaired) electrons. The number of thioether (sulfide) groups is 1. The van der Waals surface area contributed by atoms with E-state index in [1.54, 1.807) is 12.1 Å². The topological polar surface area (TPSA) is 26.0 Å². The smallest absolute Gasteiger partial charge is 0.123 e. The molecule has 0 bridgehead atoms. The fourth-order valence-corrected chi connectivity index (χ4v) is 2.39. The Morgan fingerprint density at radius 2 is 2.20 bits per heavy atom. The first kappa shape index (κ1) is 12.5. The summed E-state index contributed by atoms with van der Waals surface area (Å²) in [5.74, 6) is 1.85. The summed E-state index contributed by atoms with van der Waals surface area (Å²) >= 11 is 1.85. The van der Waals surface area contributed by atoms with Crippen LogP contribution >= 0.6 is 11.8 Å². The van der Waals surface area contributed by atoms with Gasteiger partial charge < -0.3 is 5.73 Å². The molecule has 0 fully saturated rings. The van der Waals surface area contributed by atoms with Crippen LogP contribution < -0.4 is 5.73 Å². The summed E-state index contributed by atoms with van der Waals surface area (Å²) in [6, 6.07) is 4.83. The molecule has 0 aliphatic heterocycles. The van der Waals surface area contributed by atoms with Crippen LogP contribution in [0.4, 0.5) is 4.39 Å². The molecule has 0 saturated heterocycles. The molecule has 0 aliphatic carbocycles. The number of halogens is 1. The van der Waals surface area contributed by atoms with E-state index in [2.05, 4.69) is 6.92 Å². The van der Waals surface area contributed by atoms with E-state index in [0.717, 1.165) is 22.6 Å². The van der Waals surface area contributed by atoms with Gasteiger partial charge in [-0.2, -0.15) is 11.8 Å². The second-order valence-corrected chi connectivity index (χ2v) is 4.83. The number of hydrogen-bond acceptors (Lipinski definition) is 2. The fourth-order valence-electron chi connectivity index (χ4n) is 1.50. The van der Waals surface area contributed by atoms with Crippen molar-refractivity contribution in [3.05, 3.63) is 35.1 Å². The van der Waals surface area contributed by atoms with Crippen molar-refractivity contribution in [2.45, 2.75) is 26.3 Å². The second-order valence-electron chi connectivity index (χ2n) is 3.68. The van der Waals surface area contributed by atoms with Crippen LogP contribution in [0.15, 0.2) is 18.2 Å². The SMILES string of the molecule is CCCSCC(N)c1ccc(F)cc1C. The Bertz CT molecular complexity index is 314. The maximum atomic E-state index is 12.9. The van der Waals surface area contributed by atoms with Crippen molar-refractivity contribution in [1.29, 1.82) is 0 Å². The number of rotatable bonds is 5. The highest BCUT2D eigenvalue weighted by Gasteiger charge is 2.09. The highest BCUT2D eigenvalue weighted by Crippen LogP contribution is 2.20. The van der Waals surface area contributed by atoms with E-state index in [4.69, 9.17) is 5.73 Å². The number of benzene rings is 1. The van der Waals surface area contributed by atoms with Gasteiger partial charge in [0.05, 0.1) is 0 Å². The number of aryl methyl sites for hydroxylation is 1. The quantitative estimate of drug-likeness (QED) is 0.781. The van der Waals surface area contributed by atoms with Gasteiger partial charge in [-0.05, 0) is 42.4 Å². The summed E-state index contributed by atoms with van der Waals surface area (Å²) in [5.41, 5.74) is 8.04. The molecule has 3 heteroatoms. The average Bonchev–Trinajstić information content (AvgIpc) is 2.17. The molecular formula is C12H18FNS. The zero-order valence-electron chi connectivity index (χ0n) is 9.29.